The Labute approximate surface area is 167 Å². The molecule has 0 bridgehead atoms. The van der Waals surface area contributed by atoms with Gasteiger partial charge < -0.3 is 9.47 Å². The van der Waals surface area contributed by atoms with Crippen LogP contribution in [0.1, 0.15) is 18.2 Å². The zero-order chi connectivity index (χ0) is 20.4. The van der Waals surface area contributed by atoms with Crippen LogP contribution in [0.3, 0.4) is 0 Å². The third-order valence-electron chi connectivity index (χ3n) is 4.63. The first-order valence-electron chi connectivity index (χ1n) is 9.17. The minimum Gasteiger partial charge on any atom is -0.497 e. The smallest absolute Gasteiger partial charge is 0.179 e. The molecule has 29 heavy (non-hydrogen) atoms. The van der Waals surface area contributed by atoms with Crippen molar-refractivity contribution in [1.82, 2.24) is 24.7 Å². The summed E-state index contributed by atoms with van der Waals surface area (Å²) in [4.78, 5) is 13.6. The first-order chi connectivity index (χ1) is 14.1. The van der Waals surface area contributed by atoms with Gasteiger partial charge in [-0.05, 0) is 25.1 Å². The molecular formula is C21H20FN5O2. The third-order valence-corrected chi connectivity index (χ3v) is 4.63. The molecule has 0 unspecified atom stereocenters. The van der Waals surface area contributed by atoms with Crippen LogP contribution in [0.25, 0.3) is 22.4 Å². The number of hydrogen-bond donors (Lipinski definition) is 0. The second kappa shape index (κ2) is 7.83. The fraction of sp³-hybridized carbons (Fsp3) is 0.238. The molecule has 3 heterocycles. The van der Waals surface area contributed by atoms with Crippen molar-refractivity contribution in [3.8, 4) is 22.8 Å². The van der Waals surface area contributed by atoms with Gasteiger partial charge in [0.05, 0.1) is 32.3 Å². The zero-order valence-electron chi connectivity index (χ0n) is 16.4. The van der Waals surface area contributed by atoms with Gasteiger partial charge in [-0.1, -0.05) is 0 Å². The van der Waals surface area contributed by atoms with E-state index in [1.807, 2.05) is 29.9 Å². The molecule has 0 amide bonds. The number of benzene rings is 1. The van der Waals surface area contributed by atoms with Crippen LogP contribution in [-0.2, 0) is 13.0 Å². The lowest BCUT2D eigenvalue weighted by molar-refractivity contribution is 0.371. The molecule has 4 aromatic rings. The standard InChI is InChI=1S/C21H20FN5O2/c1-4-27-12-14(10-24-27)18-11-23-17-6-5-15(25-21(17)26-18)7-13-8-16(28-2)9-19(29-3)20(13)22/h5-6,8-12H,4,7H2,1-3H3. The van der Waals surface area contributed by atoms with E-state index in [1.165, 1.54) is 20.3 Å². The molecule has 0 aliphatic rings. The minimum atomic E-state index is -0.429. The number of aryl methyl sites for hydroxylation is 1. The molecule has 3 aromatic heterocycles. The highest BCUT2D eigenvalue weighted by Gasteiger charge is 2.14. The van der Waals surface area contributed by atoms with Crippen molar-refractivity contribution in [1.29, 1.82) is 0 Å². The molecular weight excluding hydrogens is 373 g/mol. The Morgan fingerprint density at radius 2 is 1.93 bits per heavy atom. The Kier molecular flexibility index (Phi) is 5.07. The first-order valence-corrected chi connectivity index (χ1v) is 9.17. The maximum Gasteiger partial charge on any atom is 0.179 e. The highest BCUT2D eigenvalue weighted by Crippen LogP contribution is 2.29. The van der Waals surface area contributed by atoms with Gasteiger partial charge in [0.25, 0.3) is 0 Å². The van der Waals surface area contributed by atoms with Crippen molar-refractivity contribution in [2.45, 2.75) is 19.9 Å². The van der Waals surface area contributed by atoms with Crippen LogP contribution in [0.15, 0.2) is 42.9 Å². The number of fused-ring (bicyclic) bond motifs is 1. The minimum absolute atomic E-state index is 0.134. The summed E-state index contributed by atoms with van der Waals surface area (Å²) < 4.78 is 26.8. The predicted octanol–water partition coefficient (Wildman–Crippen LogP) is 3.66. The number of nitrogens with zero attached hydrogens (tertiary/aromatic N) is 5. The average Bonchev–Trinajstić information content (AvgIpc) is 3.24. The summed E-state index contributed by atoms with van der Waals surface area (Å²) in [5, 5.41) is 4.27. The van der Waals surface area contributed by atoms with E-state index in [2.05, 4.69) is 20.1 Å². The number of hydrogen-bond acceptors (Lipinski definition) is 6. The quantitative estimate of drug-likeness (QED) is 0.498. The summed E-state index contributed by atoms with van der Waals surface area (Å²) >= 11 is 0. The lowest BCUT2D eigenvalue weighted by Crippen LogP contribution is -2.01. The molecule has 0 radical (unpaired) electrons. The van der Waals surface area contributed by atoms with Gasteiger partial charge in [-0.2, -0.15) is 5.10 Å². The largest absolute Gasteiger partial charge is 0.497 e. The Balaban J connectivity index is 1.70. The summed E-state index contributed by atoms with van der Waals surface area (Å²) in [7, 11) is 2.95. The van der Waals surface area contributed by atoms with E-state index in [1.54, 1.807) is 18.5 Å². The lowest BCUT2D eigenvalue weighted by atomic mass is 10.1. The predicted molar refractivity (Wildman–Crippen MR) is 107 cm³/mol. The van der Waals surface area contributed by atoms with Crippen LogP contribution in [0, 0.1) is 5.82 Å². The highest BCUT2D eigenvalue weighted by molar-refractivity contribution is 5.73. The fourth-order valence-electron chi connectivity index (χ4n) is 3.06. The summed E-state index contributed by atoms with van der Waals surface area (Å²) in [6, 6.07) is 6.81. The number of ether oxygens (including phenoxy) is 2. The van der Waals surface area contributed by atoms with Crippen molar-refractivity contribution >= 4 is 11.2 Å². The fourth-order valence-corrected chi connectivity index (χ4v) is 3.06. The summed E-state index contributed by atoms with van der Waals surface area (Å²) in [5.41, 5.74) is 3.83. The zero-order valence-corrected chi connectivity index (χ0v) is 16.4. The molecule has 7 nitrogen and oxygen atoms in total. The topological polar surface area (TPSA) is 75.0 Å². The van der Waals surface area contributed by atoms with E-state index in [0.717, 1.165) is 12.1 Å². The second-order valence-electron chi connectivity index (χ2n) is 6.46. The Bertz CT molecular complexity index is 1180. The molecule has 0 aliphatic carbocycles. The molecule has 1 aromatic carbocycles. The van der Waals surface area contributed by atoms with E-state index < -0.39 is 5.82 Å². The van der Waals surface area contributed by atoms with Gasteiger partial charge in [-0.25, -0.2) is 14.4 Å². The molecule has 0 spiro atoms. The van der Waals surface area contributed by atoms with Crippen molar-refractivity contribution < 1.29 is 13.9 Å². The van der Waals surface area contributed by atoms with Crippen LogP contribution in [0.2, 0.25) is 0 Å². The maximum absolute atomic E-state index is 14.7. The lowest BCUT2D eigenvalue weighted by Gasteiger charge is -2.10. The van der Waals surface area contributed by atoms with Crippen LogP contribution in [0.4, 0.5) is 4.39 Å². The molecule has 4 rings (SSSR count). The molecule has 0 N–H and O–H groups in total. The summed E-state index contributed by atoms with van der Waals surface area (Å²) in [5.74, 6) is 0.228. The first kappa shape index (κ1) is 18.8. The highest BCUT2D eigenvalue weighted by atomic mass is 19.1. The van der Waals surface area contributed by atoms with Gasteiger partial charge in [-0.3, -0.25) is 9.67 Å². The van der Waals surface area contributed by atoms with E-state index in [-0.39, 0.29) is 12.2 Å². The molecule has 8 heteroatoms. The van der Waals surface area contributed by atoms with Crippen molar-refractivity contribution in [2.75, 3.05) is 14.2 Å². The molecule has 0 aliphatic heterocycles. The van der Waals surface area contributed by atoms with Crippen molar-refractivity contribution in [3.05, 3.63) is 59.9 Å². The van der Waals surface area contributed by atoms with Gasteiger partial charge in [0.1, 0.15) is 11.3 Å². The normalized spacial score (nSPS) is 11.0. The van der Waals surface area contributed by atoms with Gasteiger partial charge in [0.2, 0.25) is 0 Å². The second-order valence-corrected chi connectivity index (χ2v) is 6.46. The maximum atomic E-state index is 14.7. The molecule has 0 atom stereocenters. The number of rotatable bonds is 6. The van der Waals surface area contributed by atoms with Crippen molar-refractivity contribution in [2.24, 2.45) is 0 Å². The molecule has 148 valence electrons. The van der Waals surface area contributed by atoms with Crippen LogP contribution >= 0.6 is 0 Å². The molecule has 0 fully saturated rings. The van der Waals surface area contributed by atoms with Crippen LogP contribution in [-0.4, -0.2) is 39.0 Å². The van der Waals surface area contributed by atoms with Crippen LogP contribution < -0.4 is 9.47 Å². The monoisotopic (exact) mass is 393 g/mol. The van der Waals surface area contributed by atoms with E-state index >= 15 is 0 Å². The molecule has 0 saturated carbocycles. The summed E-state index contributed by atoms with van der Waals surface area (Å²) in [6.45, 7) is 2.79. The van der Waals surface area contributed by atoms with E-state index in [9.17, 15) is 4.39 Å². The number of halogens is 1. The SMILES string of the molecule is CCn1cc(-c2cnc3ccc(Cc4cc(OC)cc(OC)c4F)nc3n2)cn1. The van der Waals surface area contributed by atoms with Crippen LogP contribution in [0.5, 0.6) is 11.5 Å². The van der Waals surface area contributed by atoms with Gasteiger partial charge in [-0.15, -0.1) is 0 Å². The third kappa shape index (κ3) is 3.73. The summed E-state index contributed by atoms with van der Waals surface area (Å²) in [6.07, 6.45) is 5.64. The van der Waals surface area contributed by atoms with Gasteiger partial charge >= 0.3 is 0 Å². The van der Waals surface area contributed by atoms with Gasteiger partial charge in [0.15, 0.2) is 17.2 Å². The number of methoxy groups -OCH3 is 2. The average molecular weight is 393 g/mol. The molecule has 0 saturated heterocycles. The van der Waals surface area contributed by atoms with Gasteiger partial charge in [0, 0.05) is 42.0 Å². The Morgan fingerprint density at radius 1 is 1.07 bits per heavy atom. The number of aromatic nitrogens is 5. The van der Waals surface area contributed by atoms with E-state index in [0.29, 0.717) is 33.9 Å². The Hall–Kier alpha value is -3.55. The van der Waals surface area contributed by atoms with Crippen molar-refractivity contribution in [3.63, 3.8) is 0 Å². The number of pyridine rings is 1. The van der Waals surface area contributed by atoms with E-state index in [4.69, 9.17) is 9.47 Å². The Morgan fingerprint density at radius 3 is 2.66 bits per heavy atom.